The molecule has 0 radical (unpaired) electrons. The maximum absolute atomic E-state index is 11.9. The third-order valence-electron chi connectivity index (χ3n) is 4.55. The average molecular weight is 355 g/mol. The molecule has 0 spiro atoms. The lowest BCUT2D eigenvalue weighted by atomic mass is 9.98. The second-order valence-electron chi connectivity index (χ2n) is 6.25. The van der Waals surface area contributed by atoms with Gasteiger partial charge in [-0.05, 0) is 35.1 Å². The van der Waals surface area contributed by atoms with E-state index in [0.717, 1.165) is 11.1 Å². The molecule has 0 bridgehead atoms. The van der Waals surface area contributed by atoms with Crippen LogP contribution >= 0.6 is 0 Å². The smallest absolute Gasteiger partial charge is 0.407 e. The summed E-state index contributed by atoms with van der Waals surface area (Å²) in [6.07, 6.45) is -1.51. The third kappa shape index (κ3) is 3.86. The van der Waals surface area contributed by atoms with Gasteiger partial charge in [0, 0.05) is 12.5 Å². The number of amides is 1. The highest BCUT2D eigenvalue weighted by Gasteiger charge is 2.28. The molecule has 6 nitrogen and oxygen atoms in total. The number of alkyl carbamates (subject to hydrolysis) is 1. The summed E-state index contributed by atoms with van der Waals surface area (Å²) in [5.41, 5.74) is 4.62. The molecular weight excluding hydrogens is 334 g/mol. The standard InChI is InChI=1S/C20H21NO5/c22-18(19(23)24)10-5-11-21-20(25)26-12-17-15-8-3-1-6-13(15)14-7-2-4-9-16(14)17/h1-4,6-9,17-18,22H,5,10-12H2,(H,21,25)(H,23,24). The average Bonchev–Trinajstić information content (AvgIpc) is 2.97. The molecule has 136 valence electrons. The number of carbonyl (C=O) groups is 2. The Balaban J connectivity index is 1.53. The first kappa shape index (κ1) is 17.9. The maximum Gasteiger partial charge on any atom is 0.407 e. The largest absolute Gasteiger partial charge is 0.479 e. The first-order valence-electron chi connectivity index (χ1n) is 8.57. The molecular formula is C20H21NO5. The lowest BCUT2D eigenvalue weighted by Crippen LogP contribution is -2.28. The molecule has 0 saturated carbocycles. The fourth-order valence-corrected chi connectivity index (χ4v) is 3.26. The molecule has 0 aliphatic heterocycles. The van der Waals surface area contributed by atoms with Gasteiger partial charge < -0.3 is 20.3 Å². The van der Waals surface area contributed by atoms with Gasteiger partial charge in [-0.1, -0.05) is 48.5 Å². The van der Waals surface area contributed by atoms with E-state index in [2.05, 4.69) is 29.6 Å². The van der Waals surface area contributed by atoms with Crippen LogP contribution in [0.5, 0.6) is 0 Å². The van der Waals surface area contributed by atoms with Crippen LogP contribution in [0.25, 0.3) is 11.1 Å². The summed E-state index contributed by atoms with van der Waals surface area (Å²) >= 11 is 0. The fraction of sp³-hybridized carbons (Fsp3) is 0.300. The maximum atomic E-state index is 11.9. The molecule has 1 unspecified atom stereocenters. The molecule has 1 aliphatic rings. The van der Waals surface area contributed by atoms with E-state index < -0.39 is 18.2 Å². The lowest BCUT2D eigenvalue weighted by molar-refractivity contribution is -0.146. The number of carboxylic acids is 1. The molecule has 0 fully saturated rings. The first-order valence-corrected chi connectivity index (χ1v) is 8.57. The Hall–Kier alpha value is -2.86. The molecule has 0 heterocycles. The number of aliphatic hydroxyl groups excluding tert-OH is 1. The molecule has 2 aromatic carbocycles. The van der Waals surface area contributed by atoms with Gasteiger partial charge in [0.25, 0.3) is 0 Å². The van der Waals surface area contributed by atoms with Gasteiger partial charge in [0.1, 0.15) is 6.61 Å². The van der Waals surface area contributed by atoms with E-state index in [1.807, 2.05) is 24.3 Å². The second kappa shape index (κ2) is 8.01. The molecule has 1 atom stereocenters. The van der Waals surface area contributed by atoms with Crippen LogP contribution in [0.2, 0.25) is 0 Å². The Morgan fingerprint density at radius 3 is 2.19 bits per heavy atom. The summed E-state index contributed by atoms with van der Waals surface area (Å²) in [4.78, 5) is 22.4. The van der Waals surface area contributed by atoms with Crippen molar-refractivity contribution >= 4 is 12.1 Å². The van der Waals surface area contributed by atoms with Crippen LogP contribution in [0, 0.1) is 0 Å². The van der Waals surface area contributed by atoms with Crippen LogP contribution in [-0.2, 0) is 9.53 Å². The highest BCUT2D eigenvalue weighted by Crippen LogP contribution is 2.44. The van der Waals surface area contributed by atoms with E-state index >= 15 is 0 Å². The zero-order chi connectivity index (χ0) is 18.5. The molecule has 1 aliphatic carbocycles. The SMILES string of the molecule is O=C(NCCCC(O)C(=O)O)OCC1c2ccccc2-c2ccccc21. The van der Waals surface area contributed by atoms with Crippen LogP contribution in [0.3, 0.4) is 0 Å². The van der Waals surface area contributed by atoms with E-state index in [9.17, 15) is 14.7 Å². The van der Waals surface area contributed by atoms with Crippen molar-refractivity contribution in [2.75, 3.05) is 13.2 Å². The van der Waals surface area contributed by atoms with E-state index in [4.69, 9.17) is 9.84 Å². The third-order valence-corrected chi connectivity index (χ3v) is 4.55. The van der Waals surface area contributed by atoms with Gasteiger partial charge in [0.05, 0.1) is 0 Å². The van der Waals surface area contributed by atoms with E-state index in [1.54, 1.807) is 0 Å². The van der Waals surface area contributed by atoms with Gasteiger partial charge in [-0.3, -0.25) is 0 Å². The normalized spacial score (nSPS) is 13.6. The minimum atomic E-state index is -1.40. The molecule has 6 heteroatoms. The Labute approximate surface area is 151 Å². The van der Waals surface area contributed by atoms with Crippen molar-refractivity contribution in [1.82, 2.24) is 5.32 Å². The first-order chi connectivity index (χ1) is 12.6. The summed E-state index contributed by atoms with van der Waals surface area (Å²) in [5.74, 6) is -1.26. The number of hydrogen-bond donors (Lipinski definition) is 3. The number of fused-ring (bicyclic) bond motifs is 3. The van der Waals surface area contributed by atoms with E-state index in [0.29, 0.717) is 6.42 Å². The minimum absolute atomic E-state index is 0.00184. The van der Waals surface area contributed by atoms with E-state index in [1.165, 1.54) is 11.1 Å². The number of carbonyl (C=O) groups excluding carboxylic acids is 1. The molecule has 1 amide bonds. The summed E-state index contributed by atoms with van der Waals surface area (Å²) < 4.78 is 5.37. The topological polar surface area (TPSA) is 95.9 Å². The number of aliphatic hydroxyl groups is 1. The molecule has 3 N–H and O–H groups in total. The second-order valence-corrected chi connectivity index (χ2v) is 6.25. The summed E-state index contributed by atoms with van der Waals surface area (Å²) in [6.45, 7) is 0.485. The van der Waals surface area contributed by atoms with Crippen molar-refractivity contribution in [3.8, 4) is 11.1 Å². The number of rotatable bonds is 7. The Kier molecular flexibility index (Phi) is 5.53. The van der Waals surface area contributed by atoms with Gasteiger partial charge >= 0.3 is 12.1 Å². The number of nitrogens with one attached hydrogen (secondary N) is 1. The van der Waals surface area contributed by atoms with Crippen LogP contribution in [-0.4, -0.2) is 41.5 Å². The summed E-state index contributed by atoms with van der Waals surface area (Å²) in [7, 11) is 0. The Morgan fingerprint density at radius 2 is 1.62 bits per heavy atom. The highest BCUT2D eigenvalue weighted by atomic mass is 16.5. The zero-order valence-corrected chi connectivity index (χ0v) is 14.2. The van der Waals surface area contributed by atoms with Crippen LogP contribution < -0.4 is 5.32 Å². The Morgan fingerprint density at radius 1 is 1.04 bits per heavy atom. The Bertz CT molecular complexity index is 759. The molecule has 26 heavy (non-hydrogen) atoms. The van der Waals surface area contributed by atoms with Crippen LogP contribution in [0.15, 0.2) is 48.5 Å². The molecule has 3 rings (SSSR count). The lowest BCUT2D eigenvalue weighted by Gasteiger charge is -2.14. The van der Waals surface area contributed by atoms with Crippen LogP contribution in [0.1, 0.15) is 29.9 Å². The highest BCUT2D eigenvalue weighted by molar-refractivity contribution is 5.79. The van der Waals surface area contributed by atoms with Crippen molar-refractivity contribution in [2.24, 2.45) is 0 Å². The van der Waals surface area contributed by atoms with Crippen LogP contribution in [0.4, 0.5) is 4.79 Å². The van der Waals surface area contributed by atoms with Gasteiger partial charge in [-0.25, -0.2) is 9.59 Å². The molecule has 2 aromatic rings. The predicted octanol–water partition coefficient (Wildman–Crippen LogP) is 2.75. The number of aliphatic carboxylic acids is 1. The fourth-order valence-electron chi connectivity index (χ4n) is 3.26. The zero-order valence-electron chi connectivity index (χ0n) is 14.2. The van der Waals surface area contributed by atoms with Gasteiger partial charge in [0.15, 0.2) is 6.10 Å². The van der Waals surface area contributed by atoms with Crippen molar-refractivity contribution in [3.05, 3.63) is 59.7 Å². The predicted molar refractivity (Wildman–Crippen MR) is 95.9 cm³/mol. The van der Waals surface area contributed by atoms with Crippen molar-refractivity contribution in [1.29, 1.82) is 0 Å². The monoisotopic (exact) mass is 355 g/mol. The molecule has 0 saturated heterocycles. The number of hydrogen-bond acceptors (Lipinski definition) is 4. The quantitative estimate of drug-likeness (QED) is 0.664. The van der Waals surface area contributed by atoms with Gasteiger partial charge in [-0.15, -0.1) is 0 Å². The van der Waals surface area contributed by atoms with E-state index in [-0.39, 0.29) is 25.5 Å². The number of carboxylic acid groups (broad SMARTS) is 1. The van der Waals surface area contributed by atoms with Gasteiger partial charge in [-0.2, -0.15) is 0 Å². The molecule has 0 aromatic heterocycles. The number of benzene rings is 2. The minimum Gasteiger partial charge on any atom is -0.479 e. The van der Waals surface area contributed by atoms with Gasteiger partial charge in [0.2, 0.25) is 0 Å². The number of ether oxygens (including phenoxy) is 1. The van der Waals surface area contributed by atoms with Crippen molar-refractivity contribution < 1.29 is 24.5 Å². The van der Waals surface area contributed by atoms with Crippen molar-refractivity contribution in [2.45, 2.75) is 24.9 Å². The summed E-state index contributed by atoms with van der Waals surface area (Å²) in [6, 6.07) is 16.2. The summed E-state index contributed by atoms with van der Waals surface area (Å²) in [5, 5.41) is 20.4. The van der Waals surface area contributed by atoms with Crippen molar-refractivity contribution in [3.63, 3.8) is 0 Å².